The molecule has 0 radical (unpaired) electrons. The minimum Gasteiger partial charge on any atom is -0.497 e. The van der Waals surface area contributed by atoms with Gasteiger partial charge in [-0.05, 0) is 51.8 Å². The highest BCUT2D eigenvalue weighted by Crippen LogP contribution is 2.41. The number of methoxy groups -OCH3 is 1. The molecular formula is C23H18BrCl2N3O2. The van der Waals surface area contributed by atoms with Crippen LogP contribution in [0.5, 0.6) is 5.75 Å². The van der Waals surface area contributed by atoms with E-state index in [4.69, 9.17) is 32.4 Å². The van der Waals surface area contributed by atoms with E-state index >= 15 is 0 Å². The number of anilines is 1. The molecule has 0 aliphatic heterocycles. The second-order valence-electron chi connectivity index (χ2n) is 6.76. The van der Waals surface area contributed by atoms with Gasteiger partial charge in [0.1, 0.15) is 17.3 Å². The maximum Gasteiger partial charge on any atom is 0.192 e. The lowest BCUT2D eigenvalue weighted by Crippen LogP contribution is -2.03. The molecule has 4 aromatic rings. The van der Waals surface area contributed by atoms with Gasteiger partial charge < -0.3 is 14.5 Å². The Hall–Kier alpha value is -2.54. The first kappa shape index (κ1) is 21.7. The van der Waals surface area contributed by atoms with Crippen LogP contribution in [0.25, 0.3) is 22.6 Å². The highest BCUT2D eigenvalue weighted by atomic mass is 79.9. The second-order valence-corrected chi connectivity index (χ2v) is 8.46. The predicted octanol–water partition coefficient (Wildman–Crippen LogP) is 7.40. The van der Waals surface area contributed by atoms with Gasteiger partial charge in [-0.3, -0.25) is 0 Å². The summed E-state index contributed by atoms with van der Waals surface area (Å²) in [6.07, 6.45) is 1.73. The maximum absolute atomic E-state index is 6.46. The first-order chi connectivity index (χ1) is 15.0. The highest BCUT2D eigenvalue weighted by molar-refractivity contribution is 9.10. The molecule has 1 N–H and O–H groups in total. The van der Waals surface area contributed by atoms with Gasteiger partial charge in [-0.2, -0.15) is 0 Å². The van der Waals surface area contributed by atoms with E-state index < -0.39 is 0 Å². The van der Waals surface area contributed by atoms with Gasteiger partial charge in [0.15, 0.2) is 11.7 Å². The van der Waals surface area contributed by atoms with E-state index in [0.717, 1.165) is 21.3 Å². The molecule has 0 bridgehead atoms. The van der Waals surface area contributed by atoms with Crippen molar-refractivity contribution in [3.63, 3.8) is 0 Å². The van der Waals surface area contributed by atoms with E-state index in [0.29, 0.717) is 45.3 Å². The van der Waals surface area contributed by atoms with E-state index in [-0.39, 0.29) is 0 Å². The van der Waals surface area contributed by atoms with Crippen LogP contribution < -0.4 is 10.1 Å². The van der Waals surface area contributed by atoms with Crippen LogP contribution in [0.3, 0.4) is 0 Å². The Morgan fingerprint density at radius 1 is 1.10 bits per heavy atom. The van der Waals surface area contributed by atoms with Crippen molar-refractivity contribution in [2.24, 2.45) is 0 Å². The minimum absolute atomic E-state index is 0.414. The molecule has 0 aliphatic rings. The van der Waals surface area contributed by atoms with Crippen LogP contribution >= 0.6 is 39.1 Å². The topological polar surface area (TPSA) is 60.2 Å². The summed E-state index contributed by atoms with van der Waals surface area (Å²) >= 11 is 16.2. The summed E-state index contributed by atoms with van der Waals surface area (Å²) in [5.41, 5.74) is 3.18. The van der Waals surface area contributed by atoms with Crippen molar-refractivity contribution in [3.05, 3.63) is 80.7 Å². The molecule has 0 saturated carbocycles. The van der Waals surface area contributed by atoms with Gasteiger partial charge in [0.2, 0.25) is 0 Å². The van der Waals surface area contributed by atoms with Crippen LogP contribution in [-0.2, 0) is 6.54 Å². The van der Waals surface area contributed by atoms with Gasteiger partial charge in [0.25, 0.3) is 0 Å². The first-order valence-electron chi connectivity index (χ1n) is 9.41. The molecule has 2 aromatic carbocycles. The number of hydrogen-bond donors (Lipinski definition) is 1. The summed E-state index contributed by atoms with van der Waals surface area (Å²) < 4.78 is 12.0. The van der Waals surface area contributed by atoms with Crippen molar-refractivity contribution in [3.8, 4) is 28.3 Å². The van der Waals surface area contributed by atoms with Gasteiger partial charge in [0.05, 0.1) is 17.2 Å². The molecule has 4 rings (SSSR count). The largest absolute Gasteiger partial charge is 0.497 e. The fraction of sp³-hybridized carbons (Fsp3) is 0.130. The molecule has 0 unspecified atom stereocenters. The number of ether oxygens (including phenoxy) is 1. The molecule has 158 valence electrons. The number of aromatic nitrogens is 2. The zero-order valence-electron chi connectivity index (χ0n) is 16.7. The lowest BCUT2D eigenvalue weighted by Gasteiger charge is -2.12. The van der Waals surface area contributed by atoms with Crippen LogP contribution in [0.4, 0.5) is 5.82 Å². The van der Waals surface area contributed by atoms with Crippen molar-refractivity contribution in [2.45, 2.75) is 13.5 Å². The number of benzene rings is 2. The van der Waals surface area contributed by atoms with Crippen LogP contribution in [-0.4, -0.2) is 17.1 Å². The smallest absolute Gasteiger partial charge is 0.192 e. The number of rotatable bonds is 6. The molecule has 2 aromatic heterocycles. The van der Waals surface area contributed by atoms with E-state index in [1.807, 2.05) is 42.5 Å². The number of oxazole rings is 1. The first-order valence-corrected chi connectivity index (χ1v) is 11.0. The molecule has 0 atom stereocenters. The van der Waals surface area contributed by atoms with Gasteiger partial charge in [-0.1, -0.05) is 41.4 Å². The standard InChI is InChI=1S/C23H18BrCl2N3O2/c1-13-29-21(22(31-13)17-4-3-5-19(25)20(17)26)18-10-15(24)12-28-23(18)27-11-14-6-8-16(30-2)9-7-14/h3-10,12H,11H2,1-2H3,(H,27,28). The number of pyridine rings is 1. The third kappa shape index (κ3) is 4.71. The van der Waals surface area contributed by atoms with Crippen molar-refractivity contribution < 1.29 is 9.15 Å². The third-order valence-corrected chi connectivity index (χ3v) is 5.91. The summed E-state index contributed by atoms with van der Waals surface area (Å²) in [4.78, 5) is 9.19. The lowest BCUT2D eigenvalue weighted by molar-refractivity contribution is 0.414. The Morgan fingerprint density at radius 3 is 2.61 bits per heavy atom. The van der Waals surface area contributed by atoms with Crippen molar-refractivity contribution >= 4 is 44.9 Å². The number of nitrogens with one attached hydrogen (secondary N) is 1. The van der Waals surface area contributed by atoms with Crippen molar-refractivity contribution in [1.29, 1.82) is 0 Å². The van der Waals surface area contributed by atoms with E-state index in [1.165, 1.54) is 0 Å². The van der Waals surface area contributed by atoms with Crippen molar-refractivity contribution in [1.82, 2.24) is 9.97 Å². The molecule has 0 fully saturated rings. The fourth-order valence-corrected chi connectivity index (χ4v) is 3.88. The fourth-order valence-electron chi connectivity index (χ4n) is 3.16. The van der Waals surface area contributed by atoms with E-state index in [2.05, 4.69) is 31.2 Å². The zero-order valence-corrected chi connectivity index (χ0v) is 19.8. The van der Waals surface area contributed by atoms with Crippen LogP contribution in [0, 0.1) is 6.92 Å². The number of nitrogens with zero attached hydrogens (tertiary/aromatic N) is 2. The monoisotopic (exact) mass is 517 g/mol. The molecule has 0 aliphatic carbocycles. The van der Waals surface area contributed by atoms with Crippen LogP contribution in [0.15, 0.2) is 63.6 Å². The van der Waals surface area contributed by atoms with Gasteiger partial charge >= 0.3 is 0 Å². The summed E-state index contributed by atoms with van der Waals surface area (Å²) in [6, 6.07) is 15.2. The molecule has 2 heterocycles. The highest BCUT2D eigenvalue weighted by Gasteiger charge is 2.22. The Morgan fingerprint density at radius 2 is 1.87 bits per heavy atom. The normalized spacial score (nSPS) is 10.9. The average molecular weight is 519 g/mol. The number of hydrogen-bond acceptors (Lipinski definition) is 5. The summed E-state index contributed by atoms with van der Waals surface area (Å²) in [6.45, 7) is 2.37. The number of aryl methyl sites for hydroxylation is 1. The Balaban J connectivity index is 1.73. The summed E-state index contributed by atoms with van der Waals surface area (Å²) in [5, 5.41) is 4.26. The van der Waals surface area contributed by atoms with E-state index in [9.17, 15) is 0 Å². The second kappa shape index (κ2) is 9.30. The molecule has 8 heteroatoms. The summed E-state index contributed by atoms with van der Waals surface area (Å²) in [7, 11) is 1.65. The molecule has 5 nitrogen and oxygen atoms in total. The number of halogens is 3. The Bertz CT molecular complexity index is 1230. The zero-order chi connectivity index (χ0) is 22.0. The van der Waals surface area contributed by atoms with Crippen LogP contribution in [0.1, 0.15) is 11.5 Å². The van der Waals surface area contributed by atoms with Gasteiger partial charge in [-0.15, -0.1) is 0 Å². The predicted molar refractivity (Wildman–Crippen MR) is 128 cm³/mol. The molecule has 0 amide bonds. The SMILES string of the molecule is COc1ccc(CNc2ncc(Br)cc2-c2nc(C)oc2-c2cccc(Cl)c2Cl)cc1. The van der Waals surface area contributed by atoms with E-state index in [1.54, 1.807) is 26.3 Å². The lowest BCUT2D eigenvalue weighted by atomic mass is 10.1. The maximum atomic E-state index is 6.46. The van der Waals surface area contributed by atoms with Gasteiger partial charge in [0, 0.05) is 35.3 Å². The molecule has 0 saturated heterocycles. The average Bonchev–Trinajstić information content (AvgIpc) is 3.16. The Kier molecular flexibility index (Phi) is 6.51. The summed E-state index contributed by atoms with van der Waals surface area (Å²) in [5.74, 6) is 2.54. The van der Waals surface area contributed by atoms with Gasteiger partial charge in [-0.25, -0.2) is 9.97 Å². The van der Waals surface area contributed by atoms with Crippen molar-refractivity contribution in [2.75, 3.05) is 12.4 Å². The molecule has 31 heavy (non-hydrogen) atoms. The molecule has 0 spiro atoms. The quantitative estimate of drug-likeness (QED) is 0.288. The molecular weight excluding hydrogens is 501 g/mol. The Labute approximate surface area is 198 Å². The minimum atomic E-state index is 0.414. The third-order valence-electron chi connectivity index (χ3n) is 4.66. The van der Waals surface area contributed by atoms with Crippen LogP contribution in [0.2, 0.25) is 10.0 Å².